The van der Waals surface area contributed by atoms with Crippen LogP contribution in [-0.2, 0) is 14.3 Å². The van der Waals surface area contributed by atoms with Gasteiger partial charge in [-0.2, -0.15) is 0 Å². The third kappa shape index (κ3) is 2.74. The number of hydrogen-bond donors (Lipinski definition) is 1. The van der Waals surface area contributed by atoms with Crippen LogP contribution in [0.4, 0.5) is 0 Å². The third-order valence-electron chi connectivity index (χ3n) is 11.7. The van der Waals surface area contributed by atoms with Gasteiger partial charge in [0.2, 0.25) is 0 Å². The van der Waals surface area contributed by atoms with Gasteiger partial charge in [0.25, 0.3) is 0 Å². The molecule has 2 heterocycles. The van der Waals surface area contributed by atoms with E-state index in [1.165, 1.54) is 12.8 Å². The second-order valence-electron chi connectivity index (χ2n) is 13.0. The van der Waals surface area contributed by atoms with Gasteiger partial charge in [0.1, 0.15) is 0 Å². The molecule has 180 valence electrons. The van der Waals surface area contributed by atoms with Crippen molar-refractivity contribution in [2.24, 2.45) is 52.3 Å². The predicted molar refractivity (Wildman–Crippen MR) is 126 cm³/mol. The highest BCUT2D eigenvalue weighted by Crippen LogP contribution is 2.71. The molecule has 0 bridgehead atoms. The minimum atomic E-state index is -0.474. The molecule has 4 saturated carbocycles. The van der Waals surface area contributed by atoms with Crippen molar-refractivity contribution in [1.82, 2.24) is 0 Å². The van der Waals surface area contributed by atoms with E-state index in [1.807, 2.05) is 0 Å². The lowest BCUT2D eigenvalue weighted by Gasteiger charge is -2.62. The van der Waals surface area contributed by atoms with E-state index in [4.69, 9.17) is 9.47 Å². The maximum atomic E-state index is 14.3. The van der Waals surface area contributed by atoms with Gasteiger partial charge in [-0.25, -0.2) is 0 Å². The molecule has 0 aromatic carbocycles. The summed E-state index contributed by atoms with van der Waals surface area (Å²) in [6.07, 6.45) is 8.36. The van der Waals surface area contributed by atoms with Crippen LogP contribution in [0, 0.1) is 52.3 Å². The van der Waals surface area contributed by atoms with Crippen LogP contribution in [0.1, 0.15) is 79.1 Å². The second-order valence-corrected chi connectivity index (χ2v) is 14.0. The molecular weight excluding hydrogens is 468 g/mol. The third-order valence-corrected chi connectivity index (χ3v) is 12.7. The van der Waals surface area contributed by atoms with E-state index in [-0.39, 0.29) is 39.7 Å². The van der Waals surface area contributed by atoms with Crippen LogP contribution >= 0.6 is 15.9 Å². The molecule has 13 atom stereocenters. The van der Waals surface area contributed by atoms with E-state index in [0.29, 0.717) is 35.4 Å². The molecule has 2 aliphatic heterocycles. The molecule has 6 fully saturated rings. The Morgan fingerprint density at radius 2 is 1.81 bits per heavy atom. The Labute approximate surface area is 201 Å². The van der Waals surface area contributed by atoms with Crippen LogP contribution in [-0.4, -0.2) is 40.3 Å². The van der Waals surface area contributed by atoms with Crippen LogP contribution < -0.4 is 0 Å². The standard InChI is InChI=1S/C27H41BrO4/c1-14-7-10-27(31-13-14)15(2)21-20(32-27)12-19-18-6-5-16-11-17(29)8-9-25(16,3)22(18)23(28)24(30)26(19,21)4/h14-23,29H,5-13H2,1-4H3/t14-,15+,16+,17+,18+,19+,20+,21+,22-,23+,25+,26+,27-/m1/s1. The van der Waals surface area contributed by atoms with Crippen molar-refractivity contribution in [2.75, 3.05) is 6.61 Å². The number of Topliss-reactive ketones (excluding diaryl/α,β-unsaturated/α-hetero) is 1. The lowest BCUT2D eigenvalue weighted by Crippen LogP contribution is -2.62. The van der Waals surface area contributed by atoms with Gasteiger partial charge in [0.15, 0.2) is 11.6 Å². The van der Waals surface area contributed by atoms with E-state index in [2.05, 4.69) is 43.6 Å². The molecule has 6 aliphatic rings. The van der Waals surface area contributed by atoms with Gasteiger partial charge in [0.05, 0.1) is 23.6 Å². The zero-order valence-corrected chi connectivity index (χ0v) is 21.8. The smallest absolute Gasteiger partial charge is 0.171 e. The molecule has 2 saturated heterocycles. The zero-order chi connectivity index (χ0) is 22.6. The van der Waals surface area contributed by atoms with Gasteiger partial charge in [-0.05, 0) is 80.0 Å². The average molecular weight is 510 g/mol. The van der Waals surface area contributed by atoms with Crippen molar-refractivity contribution >= 4 is 21.7 Å². The molecule has 5 heteroatoms. The maximum Gasteiger partial charge on any atom is 0.171 e. The monoisotopic (exact) mass is 508 g/mol. The molecule has 4 nitrogen and oxygen atoms in total. The first-order chi connectivity index (χ1) is 15.1. The molecule has 4 aliphatic carbocycles. The Kier molecular flexibility index (Phi) is 5.11. The van der Waals surface area contributed by atoms with Gasteiger partial charge < -0.3 is 14.6 Å². The number of hydrogen-bond acceptors (Lipinski definition) is 4. The van der Waals surface area contributed by atoms with Crippen molar-refractivity contribution in [3.05, 3.63) is 0 Å². The minimum Gasteiger partial charge on any atom is -0.393 e. The molecule has 0 unspecified atom stereocenters. The molecule has 1 spiro atoms. The van der Waals surface area contributed by atoms with Crippen molar-refractivity contribution in [3.8, 4) is 0 Å². The molecule has 0 radical (unpaired) electrons. The van der Waals surface area contributed by atoms with E-state index < -0.39 is 5.79 Å². The van der Waals surface area contributed by atoms with Crippen LogP contribution in [0.2, 0.25) is 0 Å². The van der Waals surface area contributed by atoms with Gasteiger partial charge in [0, 0.05) is 23.7 Å². The number of halogens is 1. The predicted octanol–water partition coefficient (Wildman–Crippen LogP) is 5.35. The van der Waals surface area contributed by atoms with Crippen molar-refractivity contribution in [2.45, 2.75) is 102 Å². The molecule has 0 amide bonds. The van der Waals surface area contributed by atoms with E-state index in [1.54, 1.807) is 0 Å². The lowest BCUT2D eigenvalue weighted by molar-refractivity contribution is -0.272. The summed E-state index contributed by atoms with van der Waals surface area (Å²) in [6.45, 7) is 10.1. The van der Waals surface area contributed by atoms with Gasteiger partial charge in [-0.1, -0.05) is 43.6 Å². The summed E-state index contributed by atoms with van der Waals surface area (Å²) in [6, 6.07) is 0. The summed E-state index contributed by atoms with van der Waals surface area (Å²) in [5.41, 5.74) is -0.173. The number of carbonyl (C=O) groups excluding carboxylic acids is 1. The molecule has 0 aromatic rings. The number of aliphatic hydroxyl groups is 1. The van der Waals surface area contributed by atoms with Crippen LogP contribution in [0.15, 0.2) is 0 Å². The summed E-state index contributed by atoms with van der Waals surface area (Å²) in [5.74, 6) is 2.97. The van der Waals surface area contributed by atoms with E-state index in [9.17, 15) is 9.90 Å². The minimum absolute atomic E-state index is 0.0772. The summed E-state index contributed by atoms with van der Waals surface area (Å²) in [4.78, 5) is 14.2. The Morgan fingerprint density at radius 3 is 2.53 bits per heavy atom. The molecule has 32 heavy (non-hydrogen) atoms. The SMILES string of the molecule is C[C@@H]1CC[C@@]2(OC1)O[C@H]1C[C@H]3[C@@H]4CC[C@H]5C[C@@H](O)CC[C@]5(C)[C@H]4[C@H](Br)C(=O)[C@]3(C)[C@H]1[C@@H]2C. The summed E-state index contributed by atoms with van der Waals surface area (Å²) < 4.78 is 13.2. The molecule has 6 rings (SSSR count). The van der Waals surface area contributed by atoms with E-state index in [0.717, 1.165) is 45.1 Å². The van der Waals surface area contributed by atoms with Crippen molar-refractivity contribution in [3.63, 3.8) is 0 Å². The Bertz CT molecular complexity index is 793. The van der Waals surface area contributed by atoms with Gasteiger partial charge in [-0.15, -0.1) is 0 Å². The number of ketones is 1. The number of carbonyl (C=O) groups is 1. The molecular formula is C27H41BrO4. The number of fused-ring (bicyclic) bond motifs is 7. The Hall–Kier alpha value is 0.0300. The number of aliphatic hydroxyl groups excluding tert-OH is 1. The number of alkyl halides is 1. The summed E-state index contributed by atoms with van der Waals surface area (Å²) in [5, 5.41) is 10.3. The molecule has 0 aromatic heterocycles. The highest BCUT2D eigenvalue weighted by Gasteiger charge is 2.73. The topological polar surface area (TPSA) is 55.8 Å². The maximum absolute atomic E-state index is 14.3. The highest BCUT2D eigenvalue weighted by molar-refractivity contribution is 9.10. The Morgan fingerprint density at radius 1 is 1.03 bits per heavy atom. The quantitative estimate of drug-likeness (QED) is 0.448. The van der Waals surface area contributed by atoms with Crippen LogP contribution in [0.25, 0.3) is 0 Å². The normalized spacial score (nSPS) is 61.8. The first-order valence-electron chi connectivity index (χ1n) is 13.3. The van der Waals surface area contributed by atoms with Gasteiger partial charge >= 0.3 is 0 Å². The summed E-state index contributed by atoms with van der Waals surface area (Å²) in [7, 11) is 0. The fraction of sp³-hybridized carbons (Fsp3) is 0.963. The van der Waals surface area contributed by atoms with Gasteiger partial charge in [-0.3, -0.25) is 4.79 Å². The Balaban J connectivity index is 1.34. The first-order valence-corrected chi connectivity index (χ1v) is 14.2. The largest absolute Gasteiger partial charge is 0.393 e. The van der Waals surface area contributed by atoms with Crippen molar-refractivity contribution in [1.29, 1.82) is 0 Å². The van der Waals surface area contributed by atoms with Crippen LogP contribution in [0.3, 0.4) is 0 Å². The van der Waals surface area contributed by atoms with E-state index >= 15 is 0 Å². The number of rotatable bonds is 0. The average Bonchev–Trinajstić information content (AvgIpc) is 3.20. The van der Waals surface area contributed by atoms with Crippen LogP contribution in [0.5, 0.6) is 0 Å². The van der Waals surface area contributed by atoms with Crippen molar-refractivity contribution < 1.29 is 19.4 Å². The fourth-order valence-corrected chi connectivity index (χ4v) is 11.5. The zero-order valence-electron chi connectivity index (χ0n) is 20.2. The first kappa shape index (κ1) is 22.5. The lowest BCUT2D eigenvalue weighted by atomic mass is 9.44. The second kappa shape index (κ2) is 7.27. The fourth-order valence-electron chi connectivity index (χ4n) is 9.99. The molecule has 1 N–H and O–H groups in total. The highest BCUT2D eigenvalue weighted by atomic mass is 79.9. The summed E-state index contributed by atoms with van der Waals surface area (Å²) >= 11 is 4.01. The number of ether oxygens (including phenoxy) is 2.